The Balaban J connectivity index is 1.24. The van der Waals surface area contributed by atoms with Crippen LogP contribution in [0, 0.1) is 0 Å². The summed E-state index contributed by atoms with van der Waals surface area (Å²) < 4.78 is 7.10. The first kappa shape index (κ1) is 20.7. The first-order valence-electron chi connectivity index (χ1n) is 11.2. The topological polar surface area (TPSA) is 71.4 Å². The number of hydrogen-bond donors (Lipinski definition) is 2. The number of amides is 1. The van der Waals surface area contributed by atoms with Gasteiger partial charge in [0.25, 0.3) is 5.91 Å². The molecule has 0 saturated carbocycles. The van der Waals surface area contributed by atoms with Crippen LogP contribution in [0.3, 0.4) is 0 Å². The van der Waals surface area contributed by atoms with Crippen molar-refractivity contribution in [3.63, 3.8) is 0 Å². The van der Waals surface area contributed by atoms with E-state index in [0.717, 1.165) is 49.5 Å². The minimum absolute atomic E-state index is 0.0413. The van der Waals surface area contributed by atoms with E-state index in [-0.39, 0.29) is 12.1 Å². The molecule has 7 heteroatoms. The Bertz CT molecular complexity index is 1060. The smallest absolute Gasteiger partial charge is 0.269 e. The average Bonchev–Trinajstić information content (AvgIpc) is 3.30. The van der Waals surface area contributed by atoms with Crippen molar-refractivity contribution in [1.82, 2.24) is 25.3 Å². The van der Waals surface area contributed by atoms with Crippen molar-refractivity contribution in [2.24, 2.45) is 0 Å². The number of carbonyl (C=O) groups excluding carboxylic acids is 1. The van der Waals surface area contributed by atoms with E-state index in [2.05, 4.69) is 45.9 Å². The van der Waals surface area contributed by atoms with Gasteiger partial charge in [0.15, 0.2) is 0 Å². The van der Waals surface area contributed by atoms with Crippen LogP contribution in [0.2, 0.25) is 0 Å². The Morgan fingerprint density at radius 1 is 1.09 bits per heavy atom. The quantitative estimate of drug-likeness (QED) is 0.628. The third-order valence-electron chi connectivity index (χ3n) is 6.37. The lowest BCUT2D eigenvalue weighted by Crippen LogP contribution is -2.50. The second-order valence-corrected chi connectivity index (χ2v) is 8.52. The Hall–Kier alpha value is -3.16. The molecule has 2 aromatic carbocycles. The number of fused-ring (bicyclic) bond motifs is 1. The number of aromatic nitrogens is 2. The minimum atomic E-state index is -0.0759. The number of nitrogens with one attached hydrogen (secondary N) is 2. The maximum absolute atomic E-state index is 12.5. The van der Waals surface area contributed by atoms with Crippen molar-refractivity contribution in [1.29, 1.82) is 0 Å². The Labute approximate surface area is 188 Å². The molecular formula is C25H29N5O2. The van der Waals surface area contributed by atoms with Crippen molar-refractivity contribution in [2.75, 3.05) is 26.7 Å². The summed E-state index contributed by atoms with van der Waals surface area (Å²) in [6.45, 7) is 3.67. The molecule has 2 N–H and O–H groups in total. The number of nitrogens with zero attached hydrogens (tertiary/aromatic N) is 3. The summed E-state index contributed by atoms with van der Waals surface area (Å²) in [5.41, 5.74) is 3.72. The molecule has 1 saturated heterocycles. The van der Waals surface area contributed by atoms with Crippen LogP contribution >= 0.6 is 0 Å². The van der Waals surface area contributed by atoms with Crippen molar-refractivity contribution >= 4 is 5.91 Å². The van der Waals surface area contributed by atoms with Crippen LogP contribution in [0.4, 0.5) is 0 Å². The molecule has 0 radical (unpaired) electrons. The van der Waals surface area contributed by atoms with Gasteiger partial charge >= 0.3 is 0 Å². The highest BCUT2D eigenvalue weighted by Gasteiger charge is 2.30. The molecular weight excluding hydrogens is 402 g/mol. The number of rotatable bonds is 6. The van der Waals surface area contributed by atoms with E-state index in [4.69, 9.17) is 9.84 Å². The minimum Gasteiger partial charge on any atom is -0.497 e. The number of hydrogen-bond acceptors (Lipinski definition) is 5. The molecule has 0 spiro atoms. The lowest BCUT2D eigenvalue weighted by atomic mass is 10.0. The summed E-state index contributed by atoms with van der Waals surface area (Å²) in [4.78, 5) is 15.0. The van der Waals surface area contributed by atoms with Crippen molar-refractivity contribution in [2.45, 2.75) is 31.6 Å². The van der Waals surface area contributed by atoms with E-state index in [1.54, 1.807) is 7.11 Å². The van der Waals surface area contributed by atoms with Gasteiger partial charge in [-0.25, -0.2) is 4.68 Å². The fraction of sp³-hybridized carbons (Fsp3) is 0.360. The number of methoxy groups -OCH3 is 1. The van der Waals surface area contributed by atoms with Gasteiger partial charge in [-0.2, -0.15) is 5.10 Å². The van der Waals surface area contributed by atoms with Crippen LogP contribution in [0.5, 0.6) is 5.75 Å². The number of carbonyl (C=O) groups is 1. The lowest BCUT2D eigenvalue weighted by Gasteiger charge is -2.36. The van der Waals surface area contributed by atoms with Crippen molar-refractivity contribution < 1.29 is 9.53 Å². The predicted octanol–water partition coefficient (Wildman–Crippen LogP) is 3.05. The average molecular weight is 432 g/mol. The van der Waals surface area contributed by atoms with Gasteiger partial charge in [-0.15, -0.1) is 0 Å². The molecule has 32 heavy (non-hydrogen) atoms. The molecule has 1 fully saturated rings. The van der Waals surface area contributed by atoms with Gasteiger partial charge in [0.05, 0.1) is 19.3 Å². The zero-order valence-electron chi connectivity index (χ0n) is 18.3. The zero-order valence-corrected chi connectivity index (χ0v) is 18.3. The third-order valence-corrected chi connectivity index (χ3v) is 6.37. The molecule has 0 unspecified atom stereocenters. The van der Waals surface area contributed by atoms with Crippen LogP contribution in [-0.4, -0.2) is 53.4 Å². The Morgan fingerprint density at radius 2 is 1.84 bits per heavy atom. The van der Waals surface area contributed by atoms with Crippen LogP contribution in [0.1, 0.15) is 35.1 Å². The maximum Gasteiger partial charge on any atom is 0.269 e. The van der Waals surface area contributed by atoms with Crippen molar-refractivity contribution in [3.05, 3.63) is 71.9 Å². The van der Waals surface area contributed by atoms with E-state index in [9.17, 15) is 4.79 Å². The molecule has 5 rings (SSSR count). The maximum atomic E-state index is 12.5. The summed E-state index contributed by atoms with van der Waals surface area (Å²) in [6.07, 6.45) is 2.12. The van der Waals surface area contributed by atoms with Crippen LogP contribution in [0.15, 0.2) is 60.7 Å². The predicted molar refractivity (Wildman–Crippen MR) is 123 cm³/mol. The van der Waals surface area contributed by atoms with E-state index in [0.29, 0.717) is 18.3 Å². The van der Waals surface area contributed by atoms with E-state index in [1.165, 1.54) is 5.56 Å². The number of benzene rings is 2. The molecule has 1 atom stereocenters. The second kappa shape index (κ2) is 9.14. The number of likely N-dealkylation sites (tertiary alicyclic amines) is 1. The molecule has 3 aromatic rings. The lowest BCUT2D eigenvalue weighted by molar-refractivity contribution is 0.0887. The summed E-state index contributed by atoms with van der Waals surface area (Å²) in [5.74, 6) is 0.724. The molecule has 7 nitrogen and oxygen atoms in total. The summed E-state index contributed by atoms with van der Waals surface area (Å²) >= 11 is 0. The standard InChI is InChI=1S/C25H29N5O2/c1-32-21-9-7-19(8-10-21)22-15-23-25(31)26-16-24(30(23)28-22)27-20-11-13-29(14-12-20)17-18-5-3-2-4-6-18/h2-10,15,20,24,27H,11-14,16-17H2,1H3,(H,26,31)/t24-/m0/s1. The molecule has 2 aliphatic heterocycles. The molecule has 1 amide bonds. The Kier molecular flexibility index (Phi) is 5.92. The SMILES string of the molecule is COc1ccc(-c2cc3n(n2)[C@H](NC2CCN(Cc4ccccc4)CC2)CNC3=O)cc1. The molecule has 1 aromatic heterocycles. The zero-order chi connectivity index (χ0) is 21.9. The van der Waals surface area contributed by atoms with Gasteiger partial charge in [-0.05, 0) is 61.8 Å². The molecule has 0 bridgehead atoms. The summed E-state index contributed by atoms with van der Waals surface area (Å²) in [5, 5.41) is 11.5. The Morgan fingerprint density at radius 3 is 2.56 bits per heavy atom. The van der Waals surface area contributed by atoms with Crippen molar-refractivity contribution in [3.8, 4) is 17.0 Å². The van der Waals surface area contributed by atoms with E-state index in [1.807, 2.05) is 35.0 Å². The molecule has 3 heterocycles. The van der Waals surface area contributed by atoms with Gasteiger partial charge in [0.2, 0.25) is 0 Å². The van der Waals surface area contributed by atoms with Gasteiger partial charge in [0, 0.05) is 18.2 Å². The monoisotopic (exact) mass is 431 g/mol. The highest BCUT2D eigenvalue weighted by atomic mass is 16.5. The fourth-order valence-corrected chi connectivity index (χ4v) is 4.57. The van der Waals surface area contributed by atoms with Gasteiger partial charge in [-0.1, -0.05) is 30.3 Å². The van der Waals surface area contributed by atoms with Gasteiger partial charge in [0.1, 0.15) is 17.6 Å². The molecule has 0 aliphatic carbocycles. The first-order chi connectivity index (χ1) is 15.7. The second-order valence-electron chi connectivity index (χ2n) is 8.52. The fourth-order valence-electron chi connectivity index (χ4n) is 4.57. The highest BCUT2D eigenvalue weighted by Crippen LogP contribution is 2.25. The van der Waals surface area contributed by atoms with Gasteiger partial charge in [-0.3, -0.25) is 15.0 Å². The van der Waals surface area contributed by atoms with Gasteiger partial charge < -0.3 is 10.1 Å². The van der Waals surface area contributed by atoms with E-state index >= 15 is 0 Å². The van der Waals surface area contributed by atoms with Crippen LogP contribution < -0.4 is 15.4 Å². The summed E-state index contributed by atoms with van der Waals surface area (Å²) in [7, 11) is 1.65. The number of ether oxygens (including phenoxy) is 1. The molecule has 2 aliphatic rings. The highest BCUT2D eigenvalue weighted by molar-refractivity contribution is 5.94. The summed E-state index contributed by atoms with van der Waals surface area (Å²) in [6, 6.07) is 20.7. The van der Waals surface area contributed by atoms with Crippen LogP contribution in [-0.2, 0) is 6.54 Å². The largest absolute Gasteiger partial charge is 0.497 e. The van der Waals surface area contributed by atoms with E-state index < -0.39 is 0 Å². The van der Waals surface area contributed by atoms with Crippen LogP contribution in [0.25, 0.3) is 11.3 Å². The third kappa shape index (κ3) is 4.40. The normalized spacial score (nSPS) is 19.4. The first-order valence-corrected chi connectivity index (χ1v) is 11.2. The number of piperidine rings is 1. The molecule has 166 valence electrons.